The monoisotopic (exact) mass is 363 g/mol. The van der Waals surface area contributed by atoms with Gasteiger partial charge in [0.1, 0.15) is 0 Å². The van der Waals surface area contributed by atoms with Gasteiger partial charge in [-0.05, 0) is 0 Å². The third kappa shape index (κ3) is 3.01. The molecule has 17 heavy (non-hydrogen) atoms. The summed E-state index contributed by atoms with van der Waals surface area (Å²) in [5.41, 5.74) is 3.07. The Kier molecular flexibility index (Phi) is 7.05. The van der Waals surface area contributed by atoms with Crippen LogP contribution in [-0.4, -0.2) is 0 Å². The quantitative estimate of drug-likeness (QED) is 0.574. The molecule has 0 spiro atoms. The van der Waals surface area contributed by atoms with Crippen molar-refractivity contribution < 1.29 is 49.5 Å². The molecular formula is C13H16Cl2PZr. The fraction of sp³-hybridized carbons (Fsp3) is 0.385. The van der Waals surface area contributed by atoms with Crippen molar-refractivity contribution in [3.8, 4) is 0 Å². The summed E-state index contributed by atoms with van der Waals surface area (Å²) in [5, 5.41) is 4.90. The molecule has 1 aliphatic carbocycles. The van der Waals surface area contributed by atoms with E-state index in [-0.39, 0.29) is 32.3 Å². The molecule has 0 saturated carbocycles. The molecule has 0 saturated heterocycles. The standard InChI is InChI=1S/C13H16P.2ClH.Zr/c1-9-10(2)12(4)14(11(9)3)13-7-5-6-8-13;;;/h5,7H,6H2,1-4H3;2*1H;/q;;;+2/p-2. The van der Waals surface area contributed by atoms with E-state index in [0.717, 1.165) is 0 Å². The second-order valence-electron chi connectivity index (χ2n) is 4.23. The summed E-state index contributed by atoms with van der Waals surface area (Å²) in [4.78, 5) is 0. The van der Waals surface area contributed by atoms with Gasteiger partial charge in [0, 0.05) is 0 Å². The average molecular weight is 365 g/mol. The molecule has 0 aliphatic heterocycles. The van der Waals surface area contributed by atoms with Crippen LogP contribution in [0.5, 0.6) is 0 Å². The molecule has 0 amide bonds. The van der Waals surface area contributed by atoms with E-state index in [4.69, 9.17) is 0 Å². The molecular weight excluding hydrogens is 349 g/mol. The topological polar surface area (TPSA) is 0 Å². The molecule has 1 aromatic heterocycles. The van der Waals surface area contributed by atoms with Crippen LogP contribution in [0, 0.1) is 27.7 Å². The van der Waals surface area contributed by atoms with Gasteiger partial charge in [-0.2, -0.15) is 0 Å². The van der Waals surface area contributed by atoms with Crippen LogP contribution in [0.2, 0.25) is 0 Å². The van der Waals surface area contributed by atoms with Gasteiger partial charge in [-0.1, -0.05) is 0 Å². The molecule has 0 atom stereocenters. The summed E-state index contributed by atoms with van der Waals surface area (Å²) >= 11 is 1.60. The van der Waals surface area contributed by atoms with Gasteiger partial charge in [0.15, 0.2) is 0 Å². The first-order valence-corrected chi connectivity index (χ1v) is 7.88. The molecule has 1 aliphatic rings. The summed E-state index contributed by atoms with van der Waals surface area (Å²) in [6.45, 7) is 9.20. The number of allylic oxidation sites excluding steroid dienone is 4. The maximum Gasteiger partial charge on any atom is -1.00 e. The van der Waals surface area contributed by atoms with Gasteiger partial charge in [0.2, 0.25) is 0 Å². The van der Waals surface area contributed by atoms with E-state index in [2.05, 4.69) is 39.8 Å². The van der Waals surface area contributed by atoms with E-state index in [0.29, 0.717) is 0 Å². The summed E-state index contributed by atoms with van der Waals surface area (Å²) in [5.74, 6) is 0. The Balaban J connectivity index is 0.00000128. The van der Waals surface area contributed by atoms with Crippen molar-refractivity contribution in [2.75, 3.05) is 0 Å². The first-order valence-electron chi connectivity index (χ1n) is 5.30. The van der Waals surface area contributed by atoms with Crippen molar-refractivity contribution in [1.29, 1.82) is 0 Å². The molecule has 1 aromatic rings. The number of hydrogen-bond donors (Lipinski definition) is 0. The van der Waals surface area contributed by atoms with Gasteiger partial charge in [0.05, 0.1) is 0 Å². The van der Waals surface area contributed by atoms with Gasteiger partial charge < -0.3 is 24.8 Å². The molecule has 2 rings (SSSR count). The second-order valence-corrected chi connectivity index (χ2v) is 8.20. The molecule has 0 nitrogen and oxygen atoms in total. The Bertz CT molecular complexity index is 459. The number of halogens is 2. The maximum absolute atomic E-state index is 2.37. The predicted molar refractivity (Wildman–Crippen MR) is 65.1 cm³/mol. The SMILES string of the molecule is Cc1c(C)c(C)p(C2=[C]([Zr+2])CC=C2)c1C.[Cl-].[Cl-]. The summed E-state index contributed by atoms with van der Waals surface area (Å²) in [6.07, 6.45) is 5.89. The Morgan fingerprint density at radius 3 is 1.82 bits per heavy atom. The molecule has 0 bridgehead atoms. The van der Waals surface area contributed by atoms with Crippen LogP contribution in [0.15, 0.2) is 15.4 Å². The zero-order valence-corrected chi connectivity index (χ0v) is 15.4. The Hall–Kier alpha value is 0.723. The molecule has 0 fully saturated rings. The van der Waals surface area contributed by atoms with Crippen LogP contribution >= 0.6 is 7.53 Å². The molecule has 91 valence electrons. The number of rotatable bonds is 1. The zero-order chi connectivity index (χ0) is 11.2. The van der Waals surface area contributed by atoms with E-state index < -0.39 is 0 Å². The first-order chi connectivity index (χ1) is 7.04. The average Bonchev–Trinajstić information content (AvgIpc) is 2.68. The van der Waals surface area contributed by atoms with Gasteiger partial charge in [-0.25, -0.2) is 0 Å². The Morgan fingerprint density at radius 1 is 1.00 bits per heavy atom. The van der Waals surface area contributed by atoms with Crippen LogP contribution in [0.4, 0.5) is 0 Å². The summed E-state index contributed by atoms with van der Waals surface area (Å²) < 4.78 is 1.66. The van der Waals surface area contributed by atoms with Crippen molar-refractivity contribution in [2.24, 2.45) is 0 Å². The van der Waals surface area contributed by atoms with E-state index in [1.165, 1.54) is 17.5 Å². The summed E-state index contributed by atoms with van der Waals surface area (Å²) in [7, 11) is -0.112. The fourth-order valence-corrected chi connectivity index (χ4v) is 6.36. The van der Waals surface area contributed by atoms with Crippen molar-refractivity contribution >= 4 is 12.8 Å². The molecule has 1 heterocycles. The van der Waals surface area contributed by atoms with E-state index in [1.54, 1.807) is 43.9 Å². The minimum absolute atomic E-state index is 0. The van der Waals surface area contributed by atoms with E-state index in [9.17, 15) is 0 Å². The third-order valence-electron chi connectivity index (χ3n) is 3.47. The van der Waals surface area contributed by atoms with Crippen molar-refractivity contribution in [2.45, 2.75) is 34.1 Å². The van der Waals surface area contributed by atoms with Crippen molar-refractivity contribution in [1.82, 2.24) is 0 Å². The smallest absolute Gasteiger partial charge is 1.00 e. The molecule has 0 unspecified atom stereocenters. The number of hydrogen-bond acceptors (Lipinski definition) is 0. The van der Waals surface area contributed by atoms with Crippen molar-refractivity contribution in [3.63, 3.8) is 0 Å². The minimum atomic E-state index is -0.112. The summed E-state index contributed by atoms with van der Waals surface area (Å²) in [6, 6.07) is 0. The normalized spacial score (nSPS) is 13.8. The second kappa shape index (κ2) is 6.76. The van der Waals surface area contributed by atoms with Crippen LogP contribution in [0.3, 0.4) is 0 Å². The largest absolute Gasteiger partial charge is 1.00 e. The molecule has 0 radical (unpaired) electrons. The van der Waals surface area contributed by atoms with Crippen LogP contribution in [0.25, 0.3) is 5.31 Å². The van der Waals surface area contributed by atoms with Gasteiger partial charge in [-0.15, -0.1) is 0 Å². The predicted octanol–water partition coefficient (Wildman–Crippen LogP) is -1.41. The van der Waals surface area contributed by atoms with Crippen LogP contribution < -0.4 is 24.8 Å². The molecule has 0 aromatic carbocycles. The molecule has 0 N–H and O–H groups in total. The van der Waals surface area contributed by atoms with Crippen LogP contribution in [0.1, 0.15) is 28.1 Å². The Labute approximate surface area is 133 Å². The van der Waals surface area contributed by atoms with Gasteiger partial charge in [0.25, 0.3) is 0 Å². The fourth-order valence-electron chi connectivity index (χ4n) is 2.19. The van der Waals surface area contributed by atoms with Gasteiger partial charge in [-0.3, -0.25) is 0 Å². The minimum Gasteiger partial charge on any atom is -1.00 e. The maximum atomic E-state index is 2.37. The van der Waals surface area contributed by atoms with E-state index in [1.807, 2.05) is 0 Å². The van der Waals surface area contributed by atoms with Crippen molar-refractivity contribution in [3.05, 3.63) is 37.2 Å². The van der Waals surface area contributed by atoms with E-state index >= 15 is 0 Å². The van der Waals surface area contributed by atoms with Gasteiger partial charge >= 0.3 is 109 Å². The Morgan fingerprint density at radius 2 is 1.47 bits per heavy atom. The molecule has 4 heteroatoms. The zero-order valence-electron chi connectivity index (χ0n) is 10.6. The van der Waals surface area contributed by atoms with Crippen LogP contribution in [-0.2, 0) is 24.7 Å². The first kappa shape index (κ1) is 17.7. The third-order valence-corrected chi connectivity index (χ3v) is 8.06.